The molecule has 2 aliphatic carbocycles. The number of rotatable bonds is 5. The van der Waals surface area contributed by atoms with Gasteiger partial charge in [-0.25, -0.2) is 0 Å². The second kappa shape index (κ2) is 9.71. The maximum Gasteiger partial charge on any atom is 0 e. The summed E-state index contributed by atoms with van der Waals surface area (Å²) in [7, 11) is 0. The van der Waals surface area contributed by atoms with Crippen LogP contribution in [0.15, 0.2) is 42.0 Å². The third-order valence-corrected chi connectivity index (χ3v) is 6.85. The van der Waals surface area contributed by atoms with Gasteiger partial charge in [0, 0.05) is 26.2 Å². The zero-order valence-electron chi connectivity index (χ0n) is 17.9. The molecule has 1 heteroatoms. The number of hydrogen-bond acceptors (Lipinski definition) is 0. The van der Waals surface area contributed by atoms with Crippen LogP contribution in [0.1, 0.15) is 87.0 Å². The molecule has 146 valence electrons. The average Bonchev–Trinajstić information content (AvgIpc) is 3.09. The second-order valence-corrected chi connectivity index (χ2v) is 9.00. The van der Waals surface area contributed by atoms with Gasteiger partial charge in [-0.05, 0) is 65.8 Å². The molecule has 0 aromatic heterocycles. The third kappa shape index (κ3) is 4.79. The van der Waals surface area contributed by atoms with Gasteiger partial charge in [0.15, 0.2) is 0 Å². The van der Waals surface area contributed by atoms with Crippen LogP contribution in [0.3, 0.4) is 0 Å². The van der Waals surface area contributed by atoms with Crippen LogP contribution >= 0.6 is 0 Å². The number of aryl methyl sites for hydroxylation is 1. The molecule has 0 spiro atoms. The molecular formula is C27H34Zr. The van der Waals surface area contributed by atoms with Crippen LogP contribution < -0.4 is 0 Å². The summed E-state index contributed by atoms with van der Waals surface area (Å²) in [5, 5.41) is 0. The minimum atomic E-state index is 0. The van der Waals surface area contributed by atoms with E-state index in [4.69, 9.17) is 0 Å². The van der Waals surface area contributed by atoms with Gasteiger partial charge in [0.05, 0.1) is 0 Å². The summed E-state index contributed by atoms with van der Waals surface area (Å²) < 4.78 is 0. The topological polar surface area (TPSA) is 0 Å². The first-order valence-electron chi connectivity index (χ1n) is 11.1. The molecule has 0 heterocycles. The van der Waals surface area contributed by atoms with E-state index in [9.17, 15) is 0 Å². The predicted octanol–water partition coefficient (Wildman–Crippen LogP) is 8.08. The van der Waals surface area contributed by atoms with Crippen LogP contribution in [0.25, 0.3) is 17.2 Å². The van der Waals surface area contributed by atoms with Crippen molar-refractivity contribution >= 4 is 6.08 Å². The van der Waals surface area contributed by atoms with Crippen LogP contribution in [-0.4, -0.2) is 0 Å². The van der Waals surface area contributed by atoms with Crippen molar-refractivity contribution in [2.75, 3.05) is 0 Å². The fourth-order valence-electron chi connectivity index (χ4n) is 5.05. The molecule has 0 nitrogen and oxygen atoms in total. The van der Waals surface area contributed by atoms with Crippen molar-refractivity contribution < 1.29 is 26.2 Å². The van der Waals surface area contributed by atoms with E-state index >= 15 is 0 Å². The largest absolute Gasteiger partial charge is 0.0649 e. The molecular weight excluding hydrogens is 416 g/mol. The van der Waals surface area contributed by atoms with Gasteiger partial charge in [-0.1, -0.05) is 99.6 Å². The minimum Gasteiger partial charge on any atom is -0.0649 e. The van der Waals surface area contributed by atoms with Crippen molar-refractivity contribution in [3.05, 3.63) is 64.2 Å². The molecule has 0 aliphatic heterocycles. The Morgan fingerprint density at radius 3 is 2.39 bits per heavy atom. The fraction of sp³-hybridized carbons (Fsp3) is 0.481. The van der Waals surface area contributed by atoms with Gasteiger partial charge < -0.3 is 0 Å². The third-order valence-electron chi connectivity index (χ3n) is 6.85. The molecule has 0 N–H and O–H groups in total. The smallest absolute Gasteiger partial charge is 0 e. The summed E-state index contributed by atoms with van der Waals surface area (Å²) in [4.78, 5) is 0. The summed E-state index contributed by atoms with van der Waals surface area (Å²) in [5.74, 6) is 1.57. The number of hydrogen-bond donors (Lipinski definition) is 0. The van der Waals surface area contributed by atoms with Crippen molar-refractivity contribution in [2.45, 2.75) is 78.1 Å². The fourth-order valence-corrected chi connectivity index (χ4v) is 5.05. The Labute approximate surface area is 191 Å². The van der Waals surface area contributed by atoms with Gasteiger partial charge in [-0.15, -0.1) is 0 Å². The molecule has 1 atom stereocenters. The van der Waals surface area contributed by atoms with Gasteiger partial charge in [0.1, 0.15) is 0 Å². The molecule has 1 saturated carbocycles. The summed E-state index contributed by atoms with van der Waals surface area (Å²) in [6.07, 6.45) is 13.4. The van der Waals surface area contributed by atoms with Gasteiger partial charge in [-0.3, -0.25) is 0 Å². The minimum absolute atomic E-state index is 0. The van der Waals surface area contributed by atoms with E-state index in [1.807, 2.05) is 0 Å². The second-order valence-electron chi connectivity index (χ2n) is 9.00. The van der Waals surface area contributed by atoms with E-state index in [2.05, 4.69) is 63.2 Å². The zero-order chi connectivity index (χ0) is 18.8. The van der Waals surface area contributed by atoms with Crippen molar-refractivity contribution in [2.24, 2.45) is 5.92 Å². The number of benzene rings is 2. The van der Waals surface area contributed by atoms with Crippen LogP contribution in [0.4, 0.5) is 0 Å². The predicted molar refractivity (Wildman–Crippen MR) is 118 cm³/mol. The van der Waals surface area contributed by atoms with Crippen molar-refractivity contribution in [3.63, 3.8) is 0 Å². The summed E-state index contributed by atoms with van der Waals surface area (Å²) in [6.45, 7) is 6.83. The first-order valence-corrected chi connectivity index (χ1v) is 11.1. The molecule has 2 aromatic rings. The number of fused-ring (bicyclic) bond motifs is 1. The molecule has 2 aromatic carbocycles. The molecule has 0 amide bonds. The summed E-state index contributed by atoms with van der Waals surface area (Å²) in [5.41, 5.74) is 10.3. The van der Waals surface area contributed by atoms with Crippen molar-refractivity contribution in [1.29, 1.82) is 0 Å². The Morgan fingerprint density at radius 1 is 1.00 bits per heavy atom. The van der Waals surface area contributed by atoms with Gasteiger partial charge in [0.2, 0.25) is 0 Å². The quantitative estimate of drug-likeness (QED) is 0.433. The summed E-state index contributed by atoms with van der Waals surface area (Å²) >= 11 is 0. The standard InChI is InChI=1S/C27H34.Zr/c1-4-20(3)23-10-12-24(13-11-23)26-15-19(2)14-25-17-22(18-27(25)26)16-21-8-6-5-7-9-21;/h10-15,18,20-21H,4-9,16-17H2,1-3H3;. The Kier molecular flexibility index (Phi) is 7.55. The molecule has 0 radical (unpaired) electrons. The van der Waals surface area contributed by atoms with E-state index in [-0.39, 0.29) is 26.2 Å². The van der Waals surface area contributed by atoms with E-state index in [1.165, 1.54) is 79.2 Å². The monoisotopic (exact) mass is 448 g/mol. The normalized spacial score (nSPS) is 17.6. The molecule has 28 heavy (non-hydrogen) atoms. The van der Waals surface area contributed by atoms with Crippen molar-refractivity contribution in [3.8, 4) is 11.1 Å². The molecule has 0 bridgehead atoms. The van der Waals surface area contributed by atoms with E-state index in [0.29, 0.717) is 5.92 Å². The van der Waals surface area contributed by atoms with Crippen LogP contribution in [0, 0.1) is 12.8 Å². The average molecular weight is 450 g/mol. The zero-order valence-corrected chi connectivity index (χ0v) is 20.3. The Balaban J connectivity index is 0.00000225. The molecule has 4 rings (SSSR count). The maximum absolute atomic E-state index is 2.53. The SMILES string of the molecule is CCC(C)c1ccc(-c2cc(C)cc3c2C=C(CC2CCCCC2)C3)cc1.[Zr]. The Bertz CT molecular complexity index is 822. The molecule has 1 unspecified atom stereocenters. The molecule has 1 fully saturated rings. The van der Waals surface area contributed by atoms with Crippen molar-refractivity contribution in [1.82, 2.24) is 0 Å². The van der Waals surface area contributed by atoms with Crippen LogP contribution in [-0.2, 0) is 32.6 Å². The van der Waals surface area contributed by atoms with E-state index in [1.54, 1.807) is 11.1 Å². The first-order chi connectivity index (χ1) is 13.1. The van der Waals surface area contributed by atoms with E-state index < -0.39 is 0 Å². The van der Waals surface area contributed by atoms with Crippen LogP contribution in [0.5, 0.6) is 0 Å². The molecule has 2 aliphatic rings. The first kappa shape index (κ1) is 21.8. The molecule has 0 saturated heterocycles. The van der Waals surface area contributed by atoms with Gasteiger partial charge in [-0.2, -0.15) is 0 Å². The van der Waals surface area contributed by atoms with E-state index in [0.717, 1.165) is 5.92 Å². The number of allylic oxidation sites excluding steroid dienone is 1. The van der Waals surface area contributed by atoms with Crippen LogP contribution in [0.2, 0.25) is 0 Å². The van der Waals surface area contributed by atoms with Gasteiger partial charge in [0.25, 0.3) is 0 Å². The summed E-state index contributed by atoms with van der Waals surface area (Å²) in [6, 6.07) is 14.1. The Morgan fingerprint density at radius 2 is 1.71 bits per heavy atom. The van der Waals surface area contributed by atoms with Gasteiger partial charge >= 0.3 is 0 Å². The Hall–Kier alpha value is -0.937. The maximum atomic E-state index is 2.53.